The molecule has 0 amide bonds. The molecule has 2 aromatic rings. The molecular formula is C11H13N3O. The normalized spacial score (nSPS) is 10.5. The minimum Gasteiger partial charge on any atom is -0.508 e. The maximum atomic E-state index is 9.18. The lowest BCUT2D eigenvalue weighted by Crippen LogP contribution is -2.08. The first-order chi connectivity index (χ1) is 7.31. The summed E-state index contributed by atoms with van der Waals surface area (Å²) in [6.07, 6.45) is 4.38. The van der Waals surface area contributed by atoms with Gasteiger partial charge >= 0.3 is 0 Å². The Balaban J connectivity index is 2.36. The number of nitrogens with two attached hydrogens (primary N) is 1. The lowest BCUT2D eigenvalue weighted by molar-refractivity contribution is 0.475. The number of aromatic nitrogens is 2. The lowest BCUT2D eigenvalue weighted by Gasteiger charge is -2.06. The minimum atomic E-state index is 0.263. The molecule has 1 aromatic heterocycles. The van der Waals surface area contributed by atoms with Crippen LogP contribution in [0.3, 0.4) is 0 Å². The molecule has 0 aliphatic heterocycles. The van der Waals surface area contributed by atoms with Crippen LogP contribution in [0, 0.1) is 0 Å². The smallest absolute Gasteiger partial charge is 0.115 e. The zero-order valence-electron chi connectivity index (χ0n) is 8.30. The van der Waals surface area contributed by atoms with Crippen molar-refractivity contribution in [1.29, 1.82) is 0 Å². The quantitative estimate of drug-likeness (QED) is 0.784. The summed E-state index contributed by atoms with van der Waals surface area (Å²) in [5, 5.41) is 9.18. The molecule has 1 aromatic carbocycles. The number of nitrogens with zero attached hydrogens (tertiary/aromatic N) is 2. The Morgan fingerprint density at radius 1 is 1.27 bits per heavy atom. The minimum absolute atomic E-state index is 0.263. The molecule has 0 atom stereocenters. The highest BCUT2D eigenvalue weighted by Gasteiger charge is 2.03. The molecule has 3 N–H and O–H groups in total. The molecule has 0 saturated carbocycles. The topological polar surface area (TPSA) is 64.1 Å². The van der Waals surface area contributed by atoms with Crippen LogP contribution in [-0.4, -0.2) is 21.2 Å². The van der Waals surface area contributed by atoms with Gasteiger partial charge in [0.2, 0.25) is 0 Å². The van der Waals surface area contributed by atoms with Gasteiger partial charge in [-0.15, -0.1) is 0 Å². The highest BCUT2D eigenvalue weighted by molar-refractivity contribution is 5.37. The van der Waals surface area contributed by atoms with Crippen LogP contribution >= 0.6 is 0 Å². The Labute approximate surface area is 88.0 Å². The van der Waals surface area contributed by atoms with Gasteiger partial charge in [0.05, 0.1) is 0 Å². The van der Waals surface area contributed by atoms with Crippen molar-refractivity contribution in [3.63, 3.8) is 0 Å². The fourth-order valence-corrected chi connectivity index (χ4v) is 1.50. The number of phenolic OH excluding ortho intramolecular Hbond substituents is 1. The van der Waals surface area contributed by atoms with Gasteiger partial charge in [-0.3, -0.25) is 0 Å². The standard InChI is InChI=1S/C11H13N3O/c12-6-5-11-13-7-8-14(11)9-1-3-10(15)4-2-9/h1-4,7-8,15H,5-6,12H2. The summed E-state index contributed by atoms with van der Waals surface area (Å²) in [6.45, 7) is 0.578. The Morgan fingerprint density at radius 2 is 2.00 bits per heavy atom. The summed E-state index contributed by atoms with van der Waals surface area (Å²) >= 11 is 0. The van der Waals surface area contributed by atoms with Crippen LogP contribution in [0.2, 0.25) is 0 Å². The van der Waals surface area contributed by atoms with E-state index in [2.05, 4.69) is 4.98 Å². The third-order valence-electron chi connectivity index (χ3n) is 2.21. The predicted molar refractivity (Wildman–Crippen MR) is 58.0 cm³/mol. The van der Waals surface area contributed by atoms with Crippen molar-refractivity contribution in [2.45, 2.75) is 6.42 Å². The zero-order chi connectivity index (χ0) is 10.7. The summed E-state index contributed by atoms with van der Waals surface area (Å²) in [5.41, 5.74) is 6.48. The van der Waals surface area contributed by atoms with Gasteiger partial charge in [-0.05, 0) is 30.8 Å². The Morgan fingerprint density at radius 3 is 2.67 bits per heavy atom. The molecule has 0 spiro atoms. The SMILES string of the molecule is NCCc1nccn1-c1ccc(O)cc1. The molecule has 4 nitrogen and oxygen atoms in total. The summed E-state index contributed by atoms with van der Waals surface area (Å²) in [6, 6.07) is 7.00. The van der Waals surface area contributed by atoms with E-state index in [4.69, 9.17) is 5.73 Å². The van der Waals surface area contributed by atoms with Gasteiger partial charge in [0.15, 0.2) is 0 Å². The Kier molecular flexibility index (Phi) is 2.69. The van der Waals surface area contributed by atoms with Gasteiger partial charge in [-0.25, -0.2) is 4.98 Å². The van der Waals surface area contributed by atoms with Gasteiger partial charge in [-0.1, -0.05) is 0 Å². The van der Waals surface area contributed by atoms with E-state index in [-0.39, 0.29) is 5.75 Å². The molecule has 0 saturated heterocycles. The van der Waals surface area contributed by atoms with Crippen LogP contribution < -0.4 is 5.73 Å². The van der Waals surface area contributed by atoms with Crippen LogP contribution in [0.25, 0.3) is 5.69 Å². The fraction of sp³-hybridized carbons (Fsp3) is 0.182. The monoisotopic (exact) mass is 203 g/mol. The van der Waals surface area contributed by atoms with Crippen molar-refractivity contribution in [1.82, 2.24) is 9.55 Å². The van der Waals surface area contributed by atoms with E-state index >= 15 is 0 Å². The zero-order valence-corrected chi connectivity index (χ0v) is 8.30. The average Bonchev–Trinajstić information content (AvgIpc) is 2.68. The molecule has 15 heavy (non-hydrogen) atoms. The number of hydrogen-bond donors (Lipinski definition) is 2. The van der Waals surface area contributed by atoms with Gasteiger partial charge < -0.3 is 15.4 Å². The Bertz CT molecular complexity index is 433. The highest BCUT2D eigenvalue weighted by atomic mass is 16.3. The van der Waals surface area contributed by atoms with E-state index in [1.807, 2.05) is 22.9 Å². The van der Waals surface area contributed by atoms with Crippen molar-refractivity contribution in [3.8, 4) is 11.4 Å². The number of hydrogen-bond acceptors (Lipinski definition) is 3. The van der Waals surface area contributed by atoms with Gasteiger partial charge in [0, 0.05) is 24.5 Å². The van der Waals surface area contributed by atoms with Crippen molar-refractivity contribution in [2.75, 3.05) is 6.54 Å². The van der Waals surface area contributed by atoms with Crippen molar-refractivity contribution < 1.29 is 5.11 Å². The second kappa shape index (κ2) is 4.14. The van der Waals surface area contributed by atoms with E-state index in [9.17, 15) is 5.11 Å². The first-order valence-corrected chi connectivity index (χ1v) is 4.83. The molecule has 1 heterocycles. The molecule has 0 unspecified atom stereocenters. The number of imidazole rings is 1. The third-order valence-corrected chi connectivity index (χ3v) is 2.21. The van der Waals surface area contributed by atoms with Gasteiger partial charge in [-0.2, -0.15) is 0 Å². The van der Waals surface area contributed by atoms with E-state index in [1.165, 1.54) is 0 Å². The van der Waals surface area contributed by atoms with E-state index < -0.39 is 0 Å². The second-order valence-corrected chi connectivity index (χ2v) is 3.27. The van der Waals surface area contributed by atoms with Gasteiger partial charge in [0.1, 0.15) is 11.6 Å². The largest absolute Gasteiger partial charge is 0.508 e. The number of aromatic hydroxyl groups is 1. The van der Waals surface area contributed by atoms with Crippen molar-refractivity contribution in [2.24, 2.45) is 5.73 Å². The lowest BCUT2D eigenvalue weighted by atomic mass is 10.3. The third kappa shape index (κ3) is 1.99. The molecule has 78 valence electrons. The number of rotatable bonds is 3. The molecule has 0 aliphatic rings. The summed E-state index contributed by atoms with van der Waals surface area (Å²) < 4.78 is 1.96. The van der Waals surface area contributed by atoms with E-state index in [0.29, 0.717) is 6.54 Å². The maximum Gasteiger partial charge on any atom is 0.115 e. The fourth-order valence-electron chi connectivity index (χ4n) is 1.50. The molecule has 0 radical (unpaired) electrons. The second-order valence-electron chi connectivity index (χ2n) is 3.27. The van der Waals surface area contributed by atoms with Gasteiger partial charge in [0.25, 0.3) is 0 Å². The van der Waals surface area contributed by atoms with Crippen LogP contribution in [0.15, 0.2) is 36.7 Å². The van der Waals surface area contributed by atoms with Crippen molar-refractivity contribution in [3.05, 3.63) is 42.5 Å². The molecule has 0 fully saturated rings. The first kappa shape index (κ1) is 9.73. The molecule has 0 bridgehead atoms. The van der Waals surface area contributed by atoms with Crippen LogP contribution in [0.5, 0.6) is 5.75 Å². The predicted octanol–water partition coefficient (Wildman–Crippen LogP) is 1.08. The highest BCUT2D eigenvalue weighted by Crippen LogP contribution is 2.15. The summed E-state index contributed by atoms with van der Waals surface area (Å²) in [7, 11) is 0. The van der Waals surface area contributed by atoms with E-state index in [0.717, 1.165) is 17.9 Å². The summed E-state index contributed by atoms with van der Waals surface area (Å²) in [5.74, 6) is 1.20. The molecule has 4 heteroatoms. The molecule has 0 aliphatic carbocycles. The maximum absolute atomic E-state index is 9.18. The van der Waals surface area contributed by atoms with Crippen LogP contribution in [-0.2, 0) is 6.42 Å². The average molecular weight is 203 g/mol. The Hall–Kier alpha value is -1.81. The van der Waals surface area contributed by atoms with Crippen LogP contribution in [0.4, 0.5) is 0 Å². The van der Waals surface area contributed by atoms with E-state index in [1.54, 1.807) is 18.3 Å². The molecule has 2 rings (SSSR count). The first-order valence-electron chi connectivity index (χ1n) is 4.83. The van der Waals surface area contributed by atoms with Crippen molar-refractivity contribution >= 4 is 0 Å². The number of benzene rings is 1. The van der Waals surface area contributed by atoms with Crippen LogP contribution in [0.1, 0.15) is 5.82 Å². The summed E-state index contributed by atoms with van der Waals surface area (Å²) in [4.78, 5) is 4.23. The molecular weight excluding hydrogens is 190 g/mol. The number of phenols is 1.